The first-order valence-corrected chi connectivity index (χ1v) is 6.76. The minimum atomic E-state index is -0.0413. The van der Waals surface area contributed by atoms with Gasteiger partial charge in [0.2, 0.25) is 11.8 Å². The van der Waals surface area contributed by atoms with Crippen LogP contribution in [-0.2, 0) is 14.3 Å². The smallest absolute Gasteiger partial charge is 0.242 e. The molecule has 1 aliphatic heterocycles. The van der Waals surface area contributed by atoms with Gasteiger partial charge in [0.05, 0.1) is 19.8 Å². The SMILES string of the molecule is CC(=O)N(CCCN(C)C)CC(=O)N1CCOCC1. The van der Waals surface area contributed by atoms with Gasteiger partial charge in [0, 0.05) is 26.6 Å². The third-order valence-electron chi connectivity index (χ3n) is 3.17. The van der Waals surface area contributed by atoms with Gasteiger partial charge in [0.1, 0.15) is 0 Å². The number of ether oxygens (including phenoxy) is 1. The molecule has 0 aromatic heterocycles. The number of carbonyl (C=O) groups excluding carboxylic acids is 2. The largest absolute Gasteiger partial charge is 0.378 e. The van der Waals surface area contributed by atoms with E-state index in [0.717, 1.165) is 13.0 Å². The van der Waals surface area contributed by atoms with Gasteiger partial charge in [-0.1, -0.05) is 0 Å². The molecule has 6 heteroatoms. The van der Waals surface area contributed by atoms with Crippen molar-refractivity contribution in [3.05, 3.63) is 0 Å². The average molecular weight is 271 g/mol. The predicted molar refractivity (Wildman–Crippen MR) is 72.8 cm³/mol. The molecule has 1 saturated heterocycles. The molecule has 1 heterocycles. The Morgan fingerprint density at radius 3 is 2.32 bits per heavy atom. The number of amides is 2. The minimum Gasteiger partial charge on any atom is -0.378 e. The molecule has 1 aliphatic rings. The summed E-state index contributed by atoms with van der Waals surface area (Å²) in [4.78, 5) is 29.1. The minimum absolute atomic E-state index is 0.0170. The van der Waals surface area contributed by atoms with E-state index in [9.17, 15) is 9.59 Å². The van der Waals surface area contributed by atoms with E-state index in [0.29, 0.717) is 32.8 Å². The van der Waals surface area contributed by atoms with Crippen molar-refractivity contribution in [2.24, 2.45) is 0 Å². The summed E-state index contributed by atoms with van der Waals surface area (Å²) in [6.45, 7) is 5.67. The van der Waals surface area contributed by atoms with E-state index in [4.69, 9.17) is 4.74 Å². The second-order valence-electron chi connectivity index (χ2n) is 5.09. The van der Waals surface area contributed by atoms with Crippen LogP contribution in [0.25, 0.3) is 0 Å². The lowest BCUT2D eigenvalue weighted by Crippen LogP contribution is -2.47. The van der Waals surface area contributed by atoms with E-state index in [2.05, 4.69) is 4.90 Å². The van der Waals surface area contributed by atoms with Crippen molar-refractivity contribution in [3.63, 3.8) is 0 Å². The van der Waals surface area contributed by atoms with Gasteiger partial charge in [-0.3, -0.25) is 9.59 Å². The summed E-state index contributed by atoms with van der Waals surface area (Å²) in [5.41, 5.74) is 0. The fourth-order valence-electron chi connectivity index (χ4n) is 2.00. The molecular formula is C13H25N3O3. The first-order chi connectivity index (χ1) is 9.00. The Balaban J connectivity index is 2.39. The Kier molecular flexibility index (Phi) is 6.80. The molecule has 19 heavy (non-hydrogen) atoms. The van der Waals surface area contributed by atoms with E-state index in [1.165, 1.54) is 6.92 Å². The van der Waals surface area contributed by atoms with Crippen molar-refractivity contribution in [1.29, 1.82) is 0 Å². The van der Waals surface area contributed by atoms with Crippen LogP contribution >= 0.6 is 0 Å². The number of rotatable bonds is 6. The summed E-state index contributed by atoms with van der Waals surface area (Å²) < 4.78 is 5.21. The third kappa shape index (κ3) is 6.02. The Labute approximate surface area is 115 Å². The quantitative estimate of drug-likeness (QED) is 0.662. The summed E-state index contributed by atoms with van der Waals surface area (Å²) in [6.07, 6.45) is 0.878. The molecule has 0 aromatic carbocycles. The first kappa shape index (κ1) is 15.9. The molecule has 0 unspecified atom stereocenters. The molecule has 1 rings (SSSR count). The van der Waals surface area contributed by atoms with Crippen LogP contribution in [0, 0.1) is 0 Å². The van der Waals surface area contributed by atoms with Crippen LogP contribution in [0.3, 0.4) is 0 Å². The fourth-order valence-corrected chi connectivity index (χ4v) is 2.00. The molecule has 0 aliphatic carbocycles. The fraction of sp³-hybridized carbons (Fsp3) is 0.846. The molecular weight excluding hydrogens is 246 g/mol. The van der Waals surface area contributed by atoms with Gasteiger partial charge in [-0.05, 0) is 27.1 Å². The predicted octanol–water partition coefficient (Wildman–Crippen LogP) is -0.355. The number of carbonyl (C=O) groups is 2. The van der Waals surface area contributed by atoms with Crippen LogP contribution in [0.1, 0.15) is 13.3 Å². The zero-order valence-electron chi connectivity index (χ0n) is 12.2. The van der Waals surface area contributed by atoms with Crippen LogP contribution < -0.4 is 0 Å². The maximum atomic E-state index is 12.1. The second kappa shape index (κ2) is 8.12. The molecule has 0 spiro atoms. The molecule has 0 radical (unpaired) electrons. The van der Waals surface area contributed by atoms with Crippen LogP contribution in [0.5, 0.6) is 0 Å². The molecule has 0 N–H and O–H groups in total. The van der Waals surface area contributed by atoms with Crippen molar-refractivity contribution < 1.29 is 14.3 Å². The summed E-state index contributed by atoms with van der Waals surface area (Å²) in [5, 5.41) is 0. The van der Waals surface area contributed by atoms with E-state index in [1.807, 2.05) is 14.1 Å². The topological polar surface area (TPSA) is 53.1 Å². The average Bonchev–Trinajstić information content (AvgIpc) is 2.37. The highest BCUT2D eigenvalue weighted by Crippen LogP contribution is 2.01. The molecule has 6 nitrogen and oxygen atoms in total. The van der Waals surface area contributed by atoms with Crippen molar-refractivity contribution in [3.8, 4) is 0 Å². The monoisotopic (exact) mass is 271 g/mol. The molecule has 0 aromatic rings. The summed E-state index contributed by atoms with van der Waals surface area (Å²) in [7, 11) is 3.99. The Morgan fingerprint density at radius 1 is 1.16 bits per heavy atom. The molecule has 0 saturated carbocycles. The van der Waals surface area contributed by atoms with Gasteiger partial charge >= 0.3 is 0 Å². The van der Waals surface area contributed by atoms with Gasteiger partial charge in [-0.15, -0.1) is 0 Å². The Hall–Kier alpha value is -1.14. The maximum Gasteiger partial charge on any atom is 0.242 e. The lowest BCUT2D eigenvalue weighted by Gasteiger charge is -2.29. The molecule has 0 bridgehead atoms. The zero-order chi connectivity index (χ0) is 14.3. The normalized spacial score (nSPS) is 15.7. The molecule has 110 valence electrons. The highest BCUT2D eigenvalue weighted by molar-refractivity contribution is 5.83. The number of hydrogen-bond donors (Lipinski definition) is 0. The number of nitrogens with zero attached hydrogens (tertiary/aromatic N) is 3. The zero-order valence-corrected chi connectivity index (χ0v) is 12.2. The van der Waals surface area contributed by atoms with Crippen molar-refractivity contribution >= 4 is 11.8 Å². The second-order valence-corrected chi connectivity index (χ2v) is 5.09. The highest BCUT2D eigenvalue weighted by Gasteiger charge is 2.20. The third-order valence-corrected chi connectivity index (χ3v) is 3.17. The van der Waals surface area contributed by atoms with Crippen molar-refractivity contribution in [2.75, 3.05) is 60.0 Å². The van der Waals surface area contributed by atoms with E-state index >= 15 is 0 Å². The van der Waals surface area contributed by atoms with Crippen LogP contribution in [0.4, 0.5) is 0 Å². The van der Waals surface area contributed by atoms with E-state index in [1.54, 1.807) is 9.80 Å². The summed E-state index contributed by atoms with van der Waals surface area (Å²) in [5.74, 6) is -0.0243. The van der Waals surface area contributed by atoms with Gasteiger partial charge in [0.25, 0.3) is 0 Å². The van der Waals surface area contributed by atoms with Crippen molar-refractivity contribution in [2.45, 2.75) is 13.3 Å². The van der Waals surface area contributed by atoms with Gasteiger partial charge in [-0.2, -0.15) is 0 Å². The van der Waals surface area contributed by atoms with Crippen molar-refractivity contribution in [1.82, 2.24) is 14.7 Å². The van der Waals surface area contributed by atoms with Crippen LogP contribution in [-0.4, -0.2) is 86.5 Å². The number of morpholine rings is 1. The summed E-state index contributed by atoms with van der Waals surface area (Å²) in [6, 6.07) is 0. The maximum absolute atomic E-state index is 12.1. The number of hydrogen-bond acceptors (Lipinski definition) is 4. The lowest BCUT2D eigenvalue weighted by molar-refractivity contribution is -0.142. The summed E-state index contributed by atoms with van der Waals surface area (Å²) >= 11 is 0. The lowest BCUT2D eigenvalue weighted by atomic mass is 10.3. The molecule has 0 atom stereocenters. The standard InChI is InChI=1S/C13H25N3O3/c1-12(17)16(6-4-5-14(2)3)11-13(18)15-7-9-19-10-8-15/h4-11H2,1-3H3. The van der Waals surface area contributed by atoms with Crippen LogP contribution in [0.15, 0.2) is 0 Å². The molecule has 2 amide bonds. The van der Waals surface area contributed by atoms with Crippen LogP contribution in [0.2, 0.25) is 0 Å². The van der Waals surface area contributed by atoms with E-state index < -0.39 is 0 Å². The van der Waals surface area contributed by atoms with Gasteiger partial charge in [-0.25, -0.2) is 0 Å². The Bertz CT molecular complexity index is 302. The van der Waals surface area contributed by atoms with E-state index in [-0.39, 0.29) is 18.4 Å². The highest BCUT2D eigenvalue weighted by atomic mass is 16.5. The molecule has 1 fully saturated rings. The first-order valence-electron chi connectivity index (χ1n) is 6.76. The van der Waals surface area contributed by atoms with Gasteiger partial charge < -0.3 is 19.4 Å². The Morgan fingerprint density at radius 2 is 1.79 bits per heavy atom. The van der Waals surface area contributed by atoms with Gasteiger partial charge in [0.15, 0.2) is 0 Å².